The fourth-order valence-electron chi connectivity index (χ4n) is 4.61. The minimum Gasteiger partial charge on any atom is -0.461 e. The summed E-state index contributed by atoms with van der Waals surface area (Å²) in [4.78, 5) is 52.7. The Hall–Kier alpha value is -3.99. The molecule has 0 aliphatic carbocycles. The van der Waals surface area contributed by atoms with E-state index in [1.807, 2.05) is 6.92 Å². The summed E-state index contributed by atoms with van der Waals surface area (Å²) < 4.78 is 22.3. The quantitative estimate of drug-likeness (QED) is 0.250. The van der Waals surface area contributed by atoms with Gasteiger partial charge in [-0.05, 0) is 62.4 Å². The molecule has 43 heavy (non-hydrogen) atoms. The molecule has 0 spiro atoms. The van der Waals surface area contributed by atoms with Crippen LogP contribution in [-0.4, -0.2) is 39.7 Å². The highest BCUT2D eigenvalue weighted by molar-refractivity contribution is 6.39. The Labute approximate surface area is 257 Å². The first-order valence-corrected chi connectivity index (χ1v) is 14.4. The van der Waals surface area contributed by atoms with E-state index in [4.69, 9.17) is 27.9 Å². The lowest BCUT2D eigenvalue weighted by atomic mass is 10.0. The lowest BCUT2D eigenvalue weighted by Crippen LogP contribution is -2.44. The van der Waals surface area contributed by atoms with E-state index in [0.717, 1.165) is 4.57 Å². The van der Waals surface area contributed by atoms with E-state index in [2.05, 4.69) is 10.6 Å². The van der Waals surface area contributed by atoms with Gasteiger partial charge in [-0.25, -0.2) is 18.5 Å². The van der Waals surface area contributed by atoms with Gasteiger partial charge in [-0.15, -0.1) is 0 Å². The minimum absolute atomic E-state index is 0.0311. The van der Waals surface area contributed by atoms with Crippen molar-refractivity contribution in [1.82, 2.24) is 19.8 Å². The van der Waals surface area contributed by atoms with Gasteiger partial charge in [0.25, 0.3) is 11.5 Å². The molecule has 0 fully saturated rings. The summed E-state index contributed by atoms with van der Waals surface area (Å²) in [6, 6.07) is 12.6. The number of carbonyl (C=O) groups is 2. The van der Waals surface area contributed by atoms with Gasteiger partial charge in [0.2, 0.25) is 0 Å². The summed E-state index contributed by atoms with van der Waals surface area (Å²) >= 11 is 12.4. The van der Waals surface area contributed by atoms with Crippen molar-refractivity contribution in [3.05, 3.63) is 108 Å². The van der Waals surface area contributed by atoms with E-state index >= 15 is 0 Å². The molecule has 0 saturated carbocycles. The number of amides is 1. The highest BCUT2D eigenvalue weighted by atomic mass is 35.5. The summed E-state index contributed by atoms with van der Waals surface area (Å²) in [5.41, 5.74) is 0.177. The smallest absolute Gasteiger partial charge is 0.335 e. The Morgan fingerprint density at radius 3 is 2.28 bits per heavy atom. The fraction of sp³-hybridized carbons (Fsp3) is 0.290. The molecule has 0 aliphatic rings. The molecule has 2 N–H and O–H groups in total. The third-order valence-electron chi connectivity index (χ3n) is 6.77. The predicted molar refractivity (Wildman–Crippen MR) is 165 cm³/mol. The number of benzene rings is 3. The van der Waals surface area contributed by atoms with Crippen molar-refractivity contribution in [2.75, 3.05) is 6.54 Å². The van der Waals surface area contributed by atoms with Gasteiger partial charge in [0.15, 0.2) is 0 Å². The third kappa shape index (κ3) is 6.98. The molecule has 3 aromatic carbocycles. The highest BCUT2D eigenvalue weighted by Gasteiger charge is 2.26. The van der Waals surface area contributed by atoms with Crippen LogP contribution < -0.4 is 21.9 Å². The van der Waals surface area contributed by atoms with Crippen LogP contribution in [0.2, 0.25) is 10.0 Å². The van der Waals surface area contributed by atoms with Crippen molar-refractivity contribution < 1.29 is 18.7 Å². The average molecular weight is 630 g/mol. The Kier molecular flexibility index (Phi) is 10.1. The molecule has 9 nitrogen and oxygen atoms in total. The predicted octanol–water partition coefficient (Wildman–Crippen LogP) is 4.54. The molecule has 1 heterocycles. The van der Waals surface area contributed by atoms with Gasteiger partial charge in [-0.2, -0.15) is 0 Å². The number of aromatic nitrogens is 2. The van der Waals surface area contributed by atoms with Gasteiger partial charge in [-0.3, -0.25) is 14.2 Å². The van der Waals surface area contributed by atoms with Crippen LogP contribution in [0.25, 0.3) is 16.6 Å². The highest BCUT2D eigenvalue weighted by Crippen LogP contribution is 2.24. The van der Waals surface area contributed by atoms with Crippen molar-refractivity contribution in [1.29, 1.82) is 0 Å². The van der Waals surface area contributed by atoms with Crippen LogP contribution >= 0.6 is 23.2 Å². The van der Waals surface area contributed by atoms with E-state index in [1.54, 1.807) is 44.2 Å². The van der Waals surface area contributed by atoms with Crippen LogP contribution in [0.5, 0.6) is 0 Å². The number of nitrogens with zero attached hydrogens (tertiary/aromatic N) is 2. The molecule has 0 unspecified atom stereocenters. The van der Waals surface area contributed by atoms with Crippen LogP contribution in [0.1, 0.15) is 42.3 Å². The zero-order chi connectivity index (χ0) is 31.4. The van der Waals surface area contributed by atoms with Crippen molar-refractivity contribution in [3.8, 4) is 5.69 Å². The second-order valence-corrected chi connectivity index (χ2v) is 11.0. The molecule has 1 amide bonds. The maximum absolute atomic E-state index is 14.7. The molecule has 1 aromatic heterocycles. The first-order chi connectivity index (χ1) is 20.4. The molecule has 226 valence electrons. The zero-order valence-electron chi connectivity index (χ0n) is 24.0. The molecule has 0 radical (unpaired) electrons. The largest absolute Gasteiger partial charge is 0.461 e. The monoisotopic (exact) mass is 628 g/mol. The number of halogens is 3. The number of rotatable bonds is 10. The number of ether oxygens (including phenoxy) is 1. The molecule has 4 aromatic rings. The van der Waals surface area contributed by atoms with Gasteiger partial charge < -0.3 is 15.4 Å². The van der Waals surface area contributed by atoms with E-state index < -0.39 is 41.1 Å². The van der Waals surface area contributed by atoms with Crippen LogP contribution in [0.15, 0.2) is 64.2 Å². The standard InChI is InChI=1S/C31H31Cl2FN4O5/c1-5-35-16-19-14-21-26(15-24(19)34)37(4)31(42)38(29(21)40)20-11-9-18(10-12-20)13-25(30(41)43-17(2)3)36-28(39)27-22(32)7-6-8-23(27)33/h6-12,14-15,17,25,35H,5,13,16H2,1-4H3,(H,36,39)/t25-/m0/s1. The molecule has 12 heteroatoms. The number of aryl methyl sites for hydroxylation is 1. The van der Waals surface area contributed by atoms with Gasteiger partial charge in [0.05, 0.1) is 38.3 Å². The first-order valence-electron chi connectivity index (χ1n) is 13.6. The number of esters is 1. The number of carbonyl (C=O) groups excluding carboxylic acids is 2. The van der Waals surface area contributed by atoms with Gasteiger partial charge >= 0.3 is 11.7 Å². The Bertz CT molecular complexity index is 1780. The summed E-state index contributed by atoms with van der Waals surface area (Å²) in [6.07, 6.45) is -0.391. The summed E-state index contributed by atoms with van der Waals surface area (Å²) in [5.74, 6) is -1.82. The summed E-state index contributed by atoms with van der Waals surface area (Å²) in [5, 5.41) is 6.15. The number of hydrogen-bond donors (Lipinski definition) is 2. The number of fused-ring (bicyclic) bond motifs is 1. The van der Waals surface area contributed by atoms with Crippen LogP contribution in [0.4, 0.5) is 4.39 Å². The average Bonchev–Trinajstić information content (AvgIpc) is 2.95. The lowest BCUT2D eigenvalue weighted by molar-refractivity contribution is -0.149. The van der Waals surface area contributed by atoms with Crippen LogP contribution in [-0.2, 0) is 29.5 Å². The Balaban J connectivity index is 1.67. The van der Waals surface area contributed by atoms with Crippen LogP contribution in [0.3, 0.4) is 0 Å². The molecule has 0 bridgehead atoms. The maximum Gasteiger partial charge on any atom is 0.335 e. The topological polar surface area (TPSA) is 111 Å². The van der Waals surface area contributed by atoms with E-state index in [9.17, 15) is 23.6 Å². The van der Waals surface area contributed by atoms with Crippen molar-refractivity contribution >= 4 is 46.0 Å². The second-order valence-electron chi connectivity index (χ2n) is 10.2. The van der Waals surface area contributed by atoms with E-state index in [1.165, 1.54) is 35.9 Å². The van der Waals surface area contributed by atoms with E-state index in [-0.39, 0.29) is 45.2 Å². The molecule has 0 aliphatic heterocycles. The molecular formula is C31H31Cl2FN4O5. The van der Waals surface area contributed by atoms with Crippen LogP contribution in [0, 0.1) is 5.82 Å². The number of nitrogens with one attached hydrogen (secondary N) is 2. The fourth-order valence-corrected chi connectivity index (χ4v) is 5.18. The first kappa shape index (κ1) is 31.9. The molecular weight excluding hydrogens is 598 g/mol. The van der Waals surface area contributed by atoms with Crippen molar-refractivity contribution in [2.24, 2.45) is 7.05 Å². The van der Waals surface area contributed by atoms with E-state index in [0.29, 0.717) is 17.7 Å². The van der Waals surface area contributed by atoms with Gasteiger partial charge in [0.1, 0.15) is 11.9 Å². The zero-order valence-corrected chi connectivity index (χ0v) is 25.6. The SMILES string of the molecule is CCNCc1cc2c(=O)n(-c3ccc(C[C@H](NC(=O)c4c(Cl)cccc4Cl)C(=O)OC(C)C)cc3)c(=O)n(C)c2cc1F. The molecule has 0 saturated heterocycles. The second kappa shape index (κ2) is 13.5. The van der Waals surface area contributed by atoms with Gasteiger partial charge in [-0.1, -0.05) is 48.3 Å². The number of hydrogen-bond acceptors (Lipinski definition) is 6. The third-order valence-corrected chi connectivity index (χ3v) is 7.40. The summed E-state index contributed by atoms with van der Waals surface area (Å²) in [7, 11) is 1.47. The van der Waals surface area contributed by atoms with Crippen molar-refractivity contribution in [3.63, 3.8) is 0 Å². The maximum atomic E-state index is 14.7. The molecule has 4 rings (SSSR count). The Morgan fingerprint density at radius 1 is 1.02 bits per heavy atom. The Morgan fingerprint density at radius 2 is 1.67 bits per heavy atom. The van der Waals surface area contributed by atoms with Crippen molar-refractivity contribution in [2.45, 2.75) is 45.9 Å². The lowest BCUT2D eigenvalue weighted by Gasteiger charge is -2.20. The summed E-state index contributed by atoms with van der Waals surface area (Å²) in [6.45, 7) is 6.12. The normalized spacial score (nSPS) is 12.0. The van der Waals surface area contributed by atoms with Gasteiger partial charge in [0, 0.05) is 25.6 Å². The molecule has 1 atom stereocenters. The minimum atomic E-state index is -1.09.